The van der Waals surface area contributed by atoms with Gasteiger partial charge in [0, 0.05) is 25.2 Å². The van der Waals surface area contributed by atoms with Gasteiger partial charge in [-0.25, -0.2) is 0 Å². The molecule has 1 saturated heterocycles. The van der Waals surface area contributed by atoms with Crippen LogP contribution < -0.4 is 10.5 Å². The maximum Gasteiger partial charge on any atom is 0.573 e. The van der Waals surface area contributed by atoms with Crippen LogP contribution in [0.1, 0.15) is 37.8 Å². The van der Waals surface area contributed by atoms with Crippen molar-refractivity contribution in [2.24, 2.45) is 17.6 Å². The van der Waals surface area contributed by atoms with Gasteiger partial charge in [0.2, 0.25) is 0 Å². The second-order valence-electron chi connectivity index (χ2n) is 6.77. The highest BCUT2D eigenvalue weighted by Crippen LogP contribution is 2.39. The molecule has 136 valence electrons. The standard InChI is InChI=1S/C17H23F3N2O.ClH/c1-11(12-5-7-14(8-6-12)23-17(18,19)20)22-9-13-3-2-4-16(21)15(13)10-22;/h5-8,11,13,15-16H,2-4,9-10,21H2,1H3;1H. The summed E-state index contributed by atoms with van der Waals surface area (Å²) in [4.78, 5) is 2.40. The summed E-state index contributed by atoms with van der Waals surface area (Å²) < 4.78 is 40.6. The number of rotatable bonds is 3. The van der Waals surface area contributed by atoms with E-state index in [4.69, 9.17) is 5.73 Å². The number of nitrogens with zero attached hydrogens (tertiary/aromatic N) is 1. The molecule has 4 unspecified atom stereocenters. The minimum atomic E-state index is -4.64. The molecule has 1 saturated carbocycles. The van der Waals surface area contributed by atoms with Gasteiger partial charge >= 0.3 is 6.36 Å². The van der Waals surface area contributed by atoms with Gasteiger partial charge in [-0.1, -0.05) is 18.6 Å². The number of nitrogens with two attached hydrogens (primary N) is 1. The first-order chi connectivity index (χ1) is 10.8. The Kier molecular flexibility index (Phi) is 6.04. The van der Waals surface area contributed by atoms with Gasteiger partial charge in [-0.05, 0) is 49.3 Å². The first kappa shape index (κ1) is 19.3. The Morgan fingerprint density at radius 3 is 2.42 bits per heavy atom. The summed E-state index contributed by atoms with van der Waals surface area (Å²) in [7, 11) is 0. The monoisotopic (exact) mass is 364 g/mol. The zero-order valence-electron chi connectivity index (χ0n) is 13.6. The van der Waals surface area contributed by atoms with Crippen LogP contribution in [0.5, 0.6) is 5.75 Å². The lowest BCUT2D eigenvalue weighted by molar-refractivity contribution is -0.274. The highest BCUT2D eigenvalue weighted by atomic mass is 35.5. The molecule has 1 aliphatic carbocycles. The summed E-state index contributed by atoms with van der Waals surface area (Å²) in [6, 6.07) is 6.66. The van der Waals surface area contributed by atoms with E-state index < -0.39 is 6.36 Å². The van der Waals surface area contributed by atoms with Crippen LogP contribution >= 0.6 is 12.4 Å². The Bertz CT molecular complexity index is 538. The molecule has 0 spiro atoms. The van der Waals surface area contributed by atoms with Gasteiger partial charge < -0.3 is 10.5 Å². The molecular weight excluding hydrogens is 341 g/mol. The Morgan fingerprint density at radius 2 is 1.83 bits per heavy atom. The molecule has 0 amide bonds. The molecular formula is C17H24ClF3N2O. The van der Waals surface area contributed by atoms with Crippen molar-refractivity contribution < 1.29 is 17.9 Å². The average molecular weight is 365 g/mol. The molecule has 2 aliphatic rings. The van der Waals surface area contributed by atoms with Gasteiger partial charge in [0.25, 0.3) is 0 Å². The molecule has 2 N–H and O–H groups in total. The van der Waals surface area contributed by atoms with Gasteiger partial charge in [-0.2, -0.15) is 0 Å². The molecule has 7 heteroatoms. The molecule has 2 fully saturated rings. The summed E-state index contributed by atoms with van der Waals surface area (Å²) in [6.07, 6.45) is -1.10. The Balaban J connectivity index is 0.00000208. The van der Waals surface area contributed by atoms with E-state index in [1.54, 1.807) is 12.1 Å². The van der Waals surface area contributed by atoms with Crippen LogP contribution in [-0.2, 0) is 0 Å². The molecule has 0 bridgehead atoms. The Morgan fingerprint density at radius 1 is 1.17 bits per heavy atom. The van der Waals surface area contributed by atoms with Gasteiger partial charge in [0.1, 0.15) is 5.75 Å². The fourth-order valence-corrected chi connectivity index (χ4v) is 4.03. The molecule has 1 heterocycles. The molecule has 24 heavy (non-hydrogen) atoms. The largest absolute Gasteiger partial charge is 0.573 e. The van der Waals surface area contributed by atoms with E-state index in [0.29, 0.717) is 11.8 Å². The van der Waals surface area contributed by atoms with Crippen LogP contribution in [0.4, 0.5) is 13.2 Å². The third-order valence-corrected chi connectivity index (χ3v) is 5.33. The van der Waals surface area contributed by atoms with Crippen LogP contribution in [-0.4, -0.2) is 30.4 Å². The number of hydrogen-bond acceptors (Lipinski definition) is 3. The van der Waals surface area contributed by atoms with E-state index in [1.165, 1.54) is 25.0 Å². The predicted octanol–water partition coefficient (Wildman–Crippen LogP) is 4.13. The second-order valence-corrected chi connectivity index (χ2v) is 6.77. The Labute approximate surface area is 146 Å². The smallest absolute Gasteiger partial charge is 0.406 e. The lowest BCUT2D eigenvalue weighted by atomic mass is 9.78. The highest BCUT2D eigenvalue weighted by Gasteiger charge is 2.40. The third-order valence-electron chi connectivity index (χ3n) is 5.33. The molecule has 0 aromatic heterocycles. The van der Waals surface area contributed by atoms with Crippen molar-refractivity contribution in [2.45, 2.75) is 44.6 Å². The highest BCUT2D eigenvalue weighted by molar-refractivity contribution is 5.85. The van der Waals surface area contributed by atoms with Crippen molar-refractivity contribution >= 4 is 12.4 Å². The van der Waals surface area contributed by atoms with Crippen LogP contribution in [0.15, 0.2) is 24.3 Å². The molecule has 1 aliphatic heterocycles. The lowest BCUT2D eigenvalue weighted by Gasteiger charge is -2.30. The number of halogens is 4. The van der Waals surface area contributed by atoms with Crippen molar-refractivity contribution in [3.8, 4) is 5.75 Å². The number of ether oxygens (including phenoxy) is 1. The summed E-state index contributed by atoms with van der Waals surface area (Å²) in [5, 5.41) is 0. The van der Waals surface area contributed by atoms with E-state index in [-0.39, 0.29) is 30.2 Å². The van der Waals surface area contributed by atoms with Crippen LogP contribution in [0.2, 0.25) is 0 Å². The number of alkyl halides is 3. The zero-order valence-corrected chi connectivity index (χ0v) is 14.4. The topological polar surface area (TPSA) is 38.5 Å². The minimum absolute atomic E-state index is 0. The summed E-state index contributed by atoms with van der Waals surface area (Å²) >= 11 is 0. The molecule has 1 aromatic rings. The first-order valence-electron chi connectivity index (χ1n) is 8.19. The fraction of sp³-hybridized carbons (Fsp3) is 0.647. The normalized spacial score (nSPS) is 28.8. The van der Waals surface area contributed by atoms with Gasteiger partial charge in [0.05, 0.1) is 0 Å². The van der Waals surface area contributed by atoms with E-state index in [2.05, 4.69) is 16.6 Å². The number of benzene rings is 1. The van der Waals surface area contributed by atoms with Crippen molar-refractivity contribution in [3.63, 3.8) is 0 Å². The Hall–Kier alpha value is -0.980. The van der Waals surface area contributed by atoms with Gasteiger partial charge in [-0.3, -0.25) is 4.90 Å². The van der Waals surface area contributed by atoms with E-state index in [0.717, 1.165) is 25.1 Å². The van der Waals surface area contributed by atoms with Crippen molar-refractivity contribution in [1.29, 1.82) is 0 Å². The van der Waals surface area contributed by atoms with Crippen LogP contribution in [0, 0.1) is 11.8 Å². The molecule has 1 aromatic carbocycles. The van der Waals surface area contributed by atoms with Gasteiger partial charge in [-0.15, -0.1) is 25.6 Å². The third kappa shape index (κ3) is 4.35. The second kappa shape index (κ2) is 7.50. The maximum atomic E-state index is 12.2. The summed E-state index contributed by atoms with van der Waals surface area (Å²) in [5.41, 5.74) is 7.26. The van der Waals surface area contributed by atoms with Crippen LogP contribution in [0.25, 0.3) is 0 Å². The summed E-state index contributed by atoms with van der Waals surface area (Å²) in [6.45, 7) is 4.11. The van der Waals surface area contributed by atoms with Crippen molar-refractivity contribution in [2.75, 3.05) is 13.1 Å². The fourth-order valence-electron chi connectivity index (χ4n) is 4.03. The van der Waals surface area contributed by atoms with Crippen molar-refractivity contribution in [1.82, 2.24) is 4.90 Å². The molecule has 3 rings (SSSR count). The molecule has 3 nitrogen and oxygen atoms in total. The molecule has 0 radical (unpaired) electrons. The van der Waals surface area contributed by atoms with Gasteiger partial charge in [0.15, 0.2) is 0 Å². The number of fused-ring (bicyclic) bond motifs is 1. The average Bonchev–Trinajstić information content (AvgIpc) is 2.91. The van der Waals surface area contributed by atoms with Crippen LogP contribution in [0.3, 0.4) is 0 Å². The lowest BCUT2D eigenvalue weighted by Crippen LogP contribution is -2.38. The zero-order chi connectivity index (χ0) is 16.6. The maximum absolute atomic E-state index is 12.2. The van der Waals surface area contributed by atoms with E-state index in [1.807, 2.05) is 0 Å². The predicted molar refractivity (Wildman–Crippen MR) is 89.2 cm³/mol. The number of hydrogen-bond donors (Lipinski definition) is 1. The van der Waals surface area contributed by atoms with Crippen molar-refractivity contribution in [3.05, 3.63) is 29.8 Å². The number of likely N-dealkylation sites (tertiary alicyclic amines) is 1. The summed E-state index contributed by atoms with van der Waals surface area (Å²) in [5.74, 6) is 1.04. The van der Waals surface area contributed by atoms with E-state index in [9.17, 15) is 13.2 Å². The first-order valence-corrected chi connectivity index (χ1v) is 8.19. The van der Waals surface area contributed by atoms with E-state index >= 15 is 0 Å². The SMILES string of the molecule is CC(c1ccc(OC(F)(F)F)cc1)N1CC2CCCC(N)C2C1.Cl. The molecule has 4 atom stereocenters. The quantitative estimate of drug-likeness (QED) is 0.876. The minimum Gasteiger partial charge on any atom is -0.406 e.